The maximum absolute atomic E-state index is 5.97. The van der Waals surface area contributed by atoms with Gasteiger partial charge in [-0.3, -0.25) is 0 Å². The minimum absolute atomic E-state index is 0.313. The van der Waals surface area contributed by atoms with Gasteiger partial charge < -0.3 is 15.4 Å². The molecule has 3 nitrogen and oxygen atoms in total. The van der Waals surface area contributed by atoms with Crippen LogP contribution in [0.15, 0.2) is 18.2 Å². The molecule has 1 aliphatic heterocycles. The molecule has 0 aromatic heterocycles. The number of benzene rings is 1. The fourth-order valence-electron chi connectivity index (χ4n) is 3.67. The third-order valence-corrected chi connectivity index (χ3v) is 5.24. The predicted molar refractivity (Wildman–Crippen MR) is 92.8 cm³/mol. The molecule has 1 saturated carbocycles. The van der Waals surface area contributed by atoms with Gasteiger partial charge in [-0.2, -0.15) is 0 Å². The summed E-state index contributed by atoms with van der Waals surface area (Å²) in [4.78, 5) is 0. The zero-order valence-electron chi connectivity index (χ0n) is 14.0. The number of anilines is 1. The van der Waals surface area contributed by atoms with Crippen molar-refractivity contribution >= 4 is 5.69 Å². The highest BCUT2D eigenvalue weighted by Gasteiger charge is 2.20. The van der Waals surface area contributed by atoms with Gasteiger partial charge >= 0.3 is 0 Å². The van der Waals surface area contributed by atoms with Crippen LogP contribution in [-0.2, 0) is 6.42 Å². The second kappa shape index (κ2) is 7.36. The summed E-state index contributed by atoms with van der Waals surface area (Å²) in [6.07, 6.45) is 7.99. The first kappa shape index (κ1) is 15.7. The average molecular weight is 302 g/mol. The van der Waals surface area contributed by atoms with E-state index in [9.17, 15) is 0 Å². The van der Waals surface area contributed by atoms with Crippen molar-refractivity contribution in [2.45, 2.75) is 64.5 Å². The molecule has 122 valence electrons. The number of hydrogen-bond acceptors (Lipinski definition) is 3. The Labute approximate surface area is 134 Å². The largest absolute Gasteiger partial charge is 0.486 e. The van der Waals surface area contributed by atoms with Gasteiger partial charge in [0, 0.05) is 6.04 Å². The van der Waals surface area contributed by atoms with Gasteiger partial charge in [-0.15, -0.1) is 0 Å². The topological polar surface area (TPSA) is 33.3 Å². The monoisotopic (exact) mass is 302 g/mol. The summed E-state index contributed by atoms with van der Waals surface area (Å²) < 4.78 is 5.97. The Morgan fingerprint density at radius 2 is 2.14 bits per heavy atom. The van der Waals surface area contributed by atoms with Crippen LogP contribution in [0.4, 0.5) is 5.69 Å². The lowest BCUT2D eigenvalue weighted by atomic mass is 9.86. The molecule has 0 bridgehead atoms. The van der Waals surface area contributed by atoms with Gasteiger partial charge in [-0.1, -0.05) is 32.8 Å². The Kier molecular flexibility index (Phi) is 5.24. The molecule has 1 heterocycles. The van der Waals surface area contributed by atoms with Crippen LogP contribution in [0.5, 0.6) is 5.75 Å². The molecule has 2 aliphatic rings. The maximum Gasteiger partial charge on any atom is 0.142 e. The van der Waals surface area contributed by atoms with Crippen LogP contribution in [0.3, 0.4) is 0 Å². The average Bonchev–Trinajstić information content (AvgIpc) is 2.56. The van der Waals surface area contributed by atoms with Crippen LogP contribution in [0.2, 0.25) is 0 Å². The molecule has 0 spiro atoms. The van der Waals surface area contributed by atoms with Crippen molar-refractivity contribution < 1.29 is 4.74 Å². The van der Waals surface area contributed by atoms with Crippen molar-refractivity contribution in [3.63, 3.8) is 0 Å². The molecule has 22 heavy (non-hydrogen) atoms. The molecule has 0 radical (unpaired) electrons. The molecular weight excluding hydrogens is 272 g/mol. The van der Waals surface area contributed by atoms with Gasteiger partial charge in [-0.25, -0.2) is 0 Å². The summed E-state index contributed by atoms with van der Waals surface area (Å²) in [6.45, 7) is 6.56. The summed E-state index contributed by atoms with van der Waals surface area (Å²) in [7, 11) is 0. The number of ether oxygens (including phenoxy) is 1. The molecular formula is C19H30N2O. The van der Waals surface area contributed by atoms with Gasteiger partial charge in [0.1, 0.15) is 11.9 Å². The molecule has 0 saturated heterocycles. The Hall–Kier alpha value is -1.22. The molecule has 3 unspecified atom stereocenters. The van der Waals surface area contributed by atoms with Crippen molar-refractivity contribution in [1.82, 2.24) is 5.32 Å². The normalized spacial score (nSPS) is 27.6. The van der Waals surface area contributed by atoms with Crippen molar-refractivity contribution in [3.05, 3.63) is 23.8 Å². The summed E-state index contributed by atoms with van der Waals surface area (Å²) in [5, 5.41) is 7.27. The highest BCUT2D eigenvalue weighted by atomic mass is 16.5. The molecule has 3 atom stereocenters. The van der Waals surface area contributed by atoms with E-state index in [0.29, 0.717) is 6.10 Å². The minimum Gasteiger partial charge on any atom is -0.486 e. The van der Waals surface area contributed by atoms with Crippen molar-refractivity contribution in [3.8, 4) is 5.75 Å². The van der Waals surface area contributed by atoms with E-state index in [-0.39, 0.29) is 0 Å². The number of rotatable bonds is 5. The lowest BCUT2D eigenvalue weighted by molar-refractivity contribution is 0.202. The fraction of sp³-hybridized carbons (Fsp3) is 0.684. The molecule has 0 amide bonds. The van der Waals surface area contributed by atoms with Crippen LogP contribution in [0.25, 0.3) is 0 Å². The predicted octanol–water partition coefficient (Wildman–Crippen LogP) is 3.98. The van der Waals surface area contributed by atoms with E-state index < -0.39 is 0 Å². The maximum atomic E-state index is 5.97. The van der Waals surface area contributed by atoms with Gasteiger partial charge in [-0.05, 0) is 55.8 Å². The standard InChI is InChI=1S/C19H30N2O/c1-3-16-13-21-18-12-15(8-9-19(18)22-16)10-11-20-17-7-5-4-6-14(17)2/h8-9,12,14,16-17,20-21H,3-7,10-11,13H2,1-2H3. The van der Waals surface area contributed by atoms with Crippen LogP contribution >= 0.6 is 0 Å². The fourth-order valence-corrected chi connectivity index (χ4v) is 3.67. The molecule has 3 heteroatoms. The molecule has 2 N–H and O–H groups in total. The quantitative estimate of drug-likeness (QED) is 0.863. The van der Waals surface area contributed by atoms with Crippen LogP contribution in [0.1, 0.15) is 51.5 Å². The van der Waals surface area contributed by atoms with Gasteiger partial charge in [0.15, 0.2) is 0 Å². The lowest BCUT2D eigenvalue weighted by Crippen LogP contribution is -2.38. The van der Waals surface area contributed by atoms with E-state index >= 15 is 0 Å². The van der Waals surface area contributed by atoms with Gasteiger partial charge in [0.25, 0.3) is 0 Å². The van der Waals surface area contributed by atoms with E-state index in [1.807, 2.05) is 0 Å². The molecule has 1 aromatic carbocycles. The number of hydrogen-bond donors (Lipinski definition) is 2. The first-order valence-electron chi connectivity index (χ1n) is 9.03. The van der Waals surface area contributed by atoms with E-state index in [0.717, 1.165) is 49.3 Å². The van der Waals surface area contributed by atoms with Gasteiger partial charge in [0.05, 0.1) is 12.2 Å². The summed E-state index contributed by atoms with van der Waals surface area (Å²) in [6, 6.07) is 7.32. The van der Waals surface area contributed by atoms with E-state index in [1.165, 1.54) is 31.2 Å². The van der Waals surface area contributed by atoms with E-state index in [4.69, 9.17) is 4.74 Å². The van der Waals surface area contributed by atoms with Crippen molar-refractivity contribution in [1.29, 1.82) is 0 Å². The van der Waals surface area contributed by atoms with Crippen LogP contribution in [-0.4, -0.2) is 25.2 Å². The Balaban J connectivity index is 1.51. The lowest BCUT2D eigenvalue weighted by Gasteiger charge is -2.30. The third kappa shape index (κ3) is 3.75. The third-order valence-electron chi connectivity index (χ3n) is 5.24. The molecule has 3 rings (SSSR count). The summed E-state index contributed by atoms with van der Waals surface area (Å²) in [5.74, 6) is 1.84. The summed E-state index contributed by atoms with van der Waals surface area (Å²) in [5.41, 5.74) is 2.55. The minimum atomic E-state index is 0.313. The van der Waals surface area contributed by atoms with E-state index in [1.54, 1.807) is 0 Å². The smallest absolute Gasteiger partial charge is 0.142 e. The van der Waals surface area contributed by atoms with Gasteiger partial charge in [0.2, 0.25) is 0 Å². The molecule has 1 aliphatic carbocycles. The Morgan fingerprint density at radius 3 is 2.95 bits per heavy atom. The highest BCUT2D eigenvalue weighted by Crippen LogP contribution is 2.30. The zero-order valence-corrected chi connectivity index (χ0v) is 14.0. The highest BCUT2D eigenvalue weighted by molar-refractivity contribution is 5.59. The Morgan fingerprint density at radius 1 is 1.27 bits per heavy atom. The molecule has 1 aromatic rings. The Bertz CT molecular complexity index is 488. The SMILES string of the molecule is CCC1CNc2cc(CCNC3CCCCC3C)ccc2O1. The van der Waals surface area contributed by atoms with E-state index in [2.05, 4.69) is 42.7 Å². The number of fused-ring (bicyclic) bond motifs is 1. The van der Waals surface area contributed by atoms with Crippen LogP contribution < -0.4 is 15.4 Å². The number of nitrogens with one attached hydrogen (secondary N) is 2. The first-order valence-corrected chi connectivity index (χ1v) is 9.03. The van der Waals surface area contributed by atoms with Crippen molar-refractivity contribution in [2.24, 2.45) is 5.92 Å². The second-order valence-electron chi connectivity index (χ2n) is 6.93. The first-order chi connectivity index (χ1) is 10.8. The molecule has 1 fully saturated rings. The van der Waals surface area contributed by atoms with Crippen LogP contribution in [0, 0.1) is 5.92 Å². The second-order valence-corrected chi connectivity index (χ2v) is 6.93. The zero-order chi connectivity index (χ0) is 15.4. The van der Waals surface area contributed by atoms with Crippen molar-refractivity contribution in [2.75, 3.05) is 18.4 Å². The summed E-state index contributed by atoms with van der Waals surface area (Å²) >= 11 is 0.